The molecule has 1 aliphatic heterocycles. The topological polar surface area (TPSA) is 104 Å². The molecule has 1 aromatic heterocycles. The number of nitrogens with zero attached hydrogens (tertiary/aromatic N) is 4. The first kappa shape index (κ1) is 25.8. The maximum atomic E-state index is 10.4. The summed E-state index contributed by atoms with van der Waals surface area (Å²) >= 11 is 6.09. The summed E-state index contributed by atoms with van der Waals surface area (Å²) in [6, 6.07) is 13.1. The van der Waals surface area contributed by atoms with Crippen LogP contribution < -0.4 is 5.32 Å². The molecule has 4 rings (SSSR count). The zero-order chi connectivity index (χ0) is 23.2. The number of aromatic nitrogens is 1. The Labute approximate surface area is 208 Å². The van der Waals surface area contributed by atoms with E-state index in [1.54, 1.807) is 12.3 Å². The van der Waals surface area contributed by atoms with Crippen molar-refractivity contribution in [2.24, 2.45) is 0 Å². The quantitative estimate of drug-likeness (QED) is 0.189. The molecular weight excluding hydrogens is 481 g/mol. The second kappa shape index (κ2) is 12.0. The van der Waals surface area contributed by atoms with Crippen LogP contribution in [0.1, 0.15) is 12.0 Å². The second-order valence-electron chi connectivity index (χ2n) is 8.02. The highest BCUT2D eigenvalue weighted by Gasteiger charge is 2.18. The summed E-state index contributed by atoms with van der Waals surface area (Å²) < 4.78 is 0. The van der Waals surface area contributed by atoms with E-state index in [1.807, 2.05) is 36.4 Å². The Morgan fingerprint density at radius 1 is 1.12 bits per heavy atom. The largest absolute Gasteiger partial charge is 0.508 e. The number of hydrogen-bond donors (Lipinski definition) is 2. The molecule has 34 heavy (non-hydrogen) atoms. The van der Waals surface area contributed by atoms with Crippen molar-refractivity contribution in [1.82, 2.24) is 14.8 Å². The van der Waals surface area contributed by atoms with E-state index in [4.69, 9.17) is 11.6 Å². The number of nitrogens with one attached hydrogen (secondary N) is 1. The average Bonchev–Trinajstić information content (AvgIpc) is 2.80. The summed E-state index contributed by atoms with van der Waals surface area (Å²) in [4.78, 5) is 23.5. The number of piperazine rings is 1. The highest BCUT2D eigenvalue weighted by molar-refractivity contribution is 6.31. The van der Waals surface area contributed by atoms with Gasteiger partial charge >= 0.3 is 0 Å². The van der Waals surface area contributed by atoms with Crippen LogP contribution in [0.2, 0.25) is 5.02 Å². The summed E-state index contributed by atoms with van der Waals surface area (Å²) in [7, 11) is 0. The molecule has 0 aliphatic carbocycles. The lowest BCUT2D eigenvalue weighted by atomic mass is 10.1. The predicted molar refractivity (Wildman–Crippen MR) is 135 cm³/mol. The van der Waals surface area contributed by atoms with Crippen molar-refractivity contribution in [3.63, 3.8) is 0 Å². The van der Waals surface area contributed by atoms with Crippen LogP contribution >= 0.6 is 24.0 Å². The Morgan fingerprint density at radius 2 is 1.88 bits per heavy atom. The van der Waals surface area contributed by atoms with Crippen molar-refractivity contribution in [3.05, 3.63) is 69.4 Å². The van der Waals surface area contributed by atoms with Crippen LogP contribution in [-0.2, 0) is 11.4 Å². The SMILES string of the molecule is Cl.O=[N+]([O-])OCCCN1CCN(Cc2cc(Nc3ccnc4cc(Cl)ccc34)ccc2O)CC1. The van der Waals surface area contributed by atoms with E-state index in [1.165, 1.54) is 0 Å². The molecule has 0 bridgehead atoms. The van der Waals surface area contributed by atoms with Gasteiger partial charge < -0.3 is 20.2 Å². The molecule has 1 fully saturated rings. The molecule has 0 spiro atoms. The fourth-order valence-electron chi connectivity index (χ4n) is 4.01. The molecule has 2 aromatic carbocycles. The third kappa shape index (κ3) is 6.83. The molecule has 0 saturated carbocycles. The molecule has 0 radical (unpaired) electrons. The summed E-state index contributed by atoms with van der Waals surface area (Å²) in [5.41, 5.74) is 3.47. The molecule has 0 unspecified atom stereocenters. The van der Waals surface area contributed by atoms with E-state index in [0.717, 1.165) is 60.6 Å². The van der Waals surface area contributed by atoms with Gasteiger partial charge in [-0.15, -0.1) is 22.5 Å². The van der Waals surface area contributed by atoms with Gasteiger partial charge in [-0.05, 0) is 48.9 Å². The normalized spacial score (nSPS) is 14.5. The van der Waals surface area contributed by atoms with E-state index >= 15 is 0 Å². The summed E-state index contributed by atoms with van der Waals surface area (Å²) in [5, 5.41) is 24.9. The van der Waals surface area contributed by atoms with Gasteiger partial charge in [-0.3, -0.25) is 9.88 Å². The van der Waals surface area contributed by atoms with Gasteiger partial charge in [-0.25, -0.2) is 0 Å². The van der Waals surface area contributed by atoms with Crippen molar-refractivity contribution in [2.45, 2.75) is 13.0 Å². The number of pyridine rings is 1. The maximum Gasteiger partial charge on any atom is 0.294 e. The van der Waals surface area contributed by atoms with Gasteiger partial charge in [0.1, 0.15) is 5.75 Å². The van der Waals surface area contributed by atoms with Gasteiger partial charge in [0.05, 0.1) is 12.1 Å². The molecule has 1 aliphatic rings. The zero-order valence-corrected chi connectivity index (χ0v) is 20.1. The lowest BCUT2D eigenvalue weighted by Crippen LogP contribution is -2.46. The molecule has 0 amide bonds. The van der Waals surface area contributed by atoms with E-state index in [-0.39, 0.29) is 24.8 Å². The monoisotopic (exact) mass is 507 g/mol. The van der Waals surface area contributed by atoms with Crippen LogP contribution in [0.4, 0.5) is 11.4 Å². The Bertz CT molecular complexity index is 1130. The summed E-state index contributed by atoms with van der Waals surface area (Å²) in [5.74, 6) is 0.270. The zero-order valence-electron chi connectivity index (χ0n) is 18.5. The third-order valence-corrected chi connectivity index (χ3v) is 5.97. The number of phenolic OH excluding ortho intramolecular Hbond substituents is 1. The minimum absolute atomic E-state index is 0. The van der Waals surface area contributed by atoms with Crippen molar-refractivity contribution in [2.75, 3.05) is 44.6 Å². The van der Waals surface area contributed by atoms with E-state index in [9.17, 15) is 15.2 Å². The minimum Gasteiger partial charge on any atom is -0.508 e. The Kier molecular flexibility index (Phi) is 9.12. The number of anilines is 2. The lowest BCUT2D eigenvalue weighted by Gasteiger charge is -2.34. The van der Waals surface area contributed by atoms with E-state index < -0.39 is 5.09 Å². The van der Waals surface area contributed by atoms with Crippen molar-refractivity contribution >= 4 is 46.3 Å². The first-order valence-corrected chi connectivity index (χ1v) is 11.2. The Balaban J connectivity index is 0.00000324. The molecule has 0 atom stereocenters. The van der Waals surface area contributed by atoms with E-state index in [2.05, 4.69) is 24.9 Å². The number of benzene rings is 2. The van der Waals surface area contributed by atoms with Crippen LogP contribution in [0.5, 0.6) is 5.75 Å². The van der Waals surface area contributed by atoms with E-state index in [0.29, 0.717) is 18.0 Å². The van der Waals surface area contributed by atoms with Gasteiger partial charge in [-0.1, -0.05) is 11.6 Å². The number of fused-ring (bicyclic) bond motifs is 1. The van der Waals surface area contributed by atoms with Crippen molar-refractivity contribution in [3.8, 4) is 5.75 Å². The minimum atomic E-state index is -0.750. The Hall–Kier alpha value is -2.85. The molecule has 11 heteroatoms. The predicted octanol–water partition coefficient (Wildman–Crippen LogP) is 4.48. The van der Waals surface area contributed by atoms with Crippen LogP contribution in [0, 0.1) is 10.1 Å². The molecule has 2 heterocycles. The smallest absolute Gasteiger partial charge is 0.294 e. The van der Waals surface area contributed by atoms with Crippen LogP contribution in [0.25, 0.3) is 10.9 Å². The van der Waals surface area contributed by atoms with Crippen molar-refractivity contribution < 1.29 is 15.0 Å². The highest BCUT2D eigenvalue weighted by Crippen LogP contribution is 2.30. The standard InChI is InChI=1S/C23H26ClN5O4.ClH/c24-18-2-4-20-21(6-7-25-22(20)15-18)26-19-3-5-23(30)17(14-19)16-28-11-9-27(10-12-28)8-1-13-33-29(31)32;/h2-7,14-15,30H,1,8-13,16H2,(H,25,26);1H. The third-order valence-electron chi connectivity index (χ3n) is 5.74. The molecule has 2 N–H and O–H groups in total. The number of halogens is 2. The van der Waals surface area contributed by atoms with Crippen LogP contribution in [-0.4, -0.2) is 64.3 Å². The van der Waals surface area contributed by atoms with Gasteiger partial charge in [0.25, 0.3) is 5.09 Å². The number of rotatable bonds is 9. The maximum absolute atomic E-state index is 10.4. The molecule has 1 saturated heterocycles. The van der Waals surface area contributed by atoms with Crippen LogP contribution in [0.3, 0.4) is 0 Å². The lowest BCUT2D eigenvalue weighted by molar-refractivity contribution is -0.757. The van der Waals surface area contributed by atoms with Crippen LogP contribution in [0.15, 0.2) is 48.7 Å². The fraction of sp³-hybridized carbons (Fsp3) is 0.348. The first-order valence-electron chi connectivity index (χ1n) is 10.8. The highest BCUT2D eigenvalue weighted by atomic mass is 35.5. The molecule has 9 nitrogen and oxygen atoms in total. The fourth-order valence-corrected chi connectivity index (χ4v) is 4.18. The first-order chi connectivity index (χ1) is 16.0. The van der Waals surface area contributed by atoms with Gasteiger partial charge in [-0.2, -0.15) is 0 Å². The summed E-state index contributed by atoms with van der Waals surface area (Å²) in [6.07, 6.45) is 2.37. The number of hydrogen-bond acceptors (Lipinski definition) is 8. The van der Waals surface area contributed by atoms with Gasteiger partial charge in [0.15, 0.2) is 0 Å². The van der Waals surface area contributed by atoms with Gasteiger partial charge in [0.2, 0.25) is 0 Å². The Morgan fingerprint density at radius 3 is 2.65 bits per heavy atom. The average molecular weight is 508 g/mol. The van der Waals surface area contributed by atoms with Crippen molar-refractivity contribution in [1.29, 1.82) is 0 Å². The molecule has 3 aromatic rings. The molecular formula is C23H27Cl2N5O4. The number of phenols is 1. The van der Waals surface area contributed by atoms with Gasteiger partial charge in [0, 0.05) is 72.8 Å². The summed E-state index contributed by atoms with van der Waals surface area (Å²) in [6.45, 7) is 5.03. The number of aromatic hydroxyl groups is 1. The molecule has 182 valence electrons. The second-order valence-corrected chi connectivity index (χ2v) is 8.45.